The first-order chi connectivity index (χ1) is 12.5. The Morgan fingerprint density at radius 1 is 1.15 bits per heavy atom. The Labute approximate surface area is 154 Å². The van der Waals surface area contributed by atoms with Crippen molar-refractivity contribution < 1.29 is 19.8 Å². The predicted octanol–water partition coefficient (Wildman–Crippen LogP) is 2.11. The minimum Gasteiger partial charge on any atom is -0.481 e. The molecule has 1 saturated heterocycles. The third-order valence-corrected chi connectivity index (χ3v) is 5.59. The van der Waals surface area contributed by atoms with E-state index in [1.54, 1.807) is 4.90 Å². The van der Waals surface area contributed by atoms with E-state index in [0.29, 0.717) is 32.4 Å². The van der Waals surface area contributed by atoms with E-state index in [9.17, 15) is 14.7 Å². The highest BCUT2D eigenvalue weighted by Crippen LogP contribution is 2.26. The van der Waals surface area contributed by atoms with Crippen molar-refractivity contribution in [2.24, 2.45) is 0 Å². The Hall–Kier alpha value is -1.95. The maximum absolute atomic E-state index is 12.4. The van der Waals surface area contributed by atoms with Gasteiger partial charge in [-0.25, -0.2) is 0 Å². The number of rotatable bonds is 6. The van der Waals surface area contributed by atoms with Crippen LogP contribution in [0, 0.1) is 0 Å². The molecule has 142 valence electrons. The predicted molar refractivity (Wildman–Crippen MR) is 96.8 cm³/mol. The molecule has 26 heavy (non-hydrogen) atoms. The van der Waals surface area contributed by atoms with Gasteiger partial charge in [0, 0.05) is 30.9 Å². The quantitative estimate of drug-likeness (QED) is 0.811. The zero-order valence-electron chi connectivity index (χ0n) is 15.2. The number of aryl methyl sites for hydroxylation is 3. The molecule has 1 aliphatic carbocycles. The number of likely N-dealkylation sites (tertiary alicyclic amines) is 1. The fourth-order valence-electron chi connectivity index (χ4n) is 3.98. The van der Waals surface area contributed by atoms with Gasteiger partial charge in [-0.15, -0.1) is 0 Å². The lowest BCUT2D eigenvalue weighted by Crippen LogP contribution is -2.47. The number of fused-ring (bicyclic) bond motifs is 1. The minimum atomic E-state index is -1.17. The Morgan fingerprint density at radius 3 is 2.62 bits per heavy atom. The van der Waals surface area contributed by atoms with Crippen LogP contribution in [0.15, 0.2) is 12.1 Å². The molecule has 0 saturated carbocycles. The molecule has 2 heterocycles. The van der Waals surface area contributed by atoms with Gasteiger partial charge in [-0.05, 0) is 63.0 Å². The summed E-state index contributed by atoms with van der Waals surface area (Å²) in [5.41, 5.74) is 2.50. The summed E-state index contributed by atoms with van der Waals surface area (Å²) >= 11 is 0. The zero-order chi connectivity index (χ0) is 18.6. The fraction of sp³-hybridized carbons (Fsp3) is 0.650. The zero-order valence-corrected chi connectivity index (χ0v) is 15.2. The molecule has 3 rings (SSSR count). The molecular weight excluding hydrogens is 332 g/mol. The molecule has 1 fully saturated rings. The van der Waals surface area contributed by atoms with Crippen LogP contribution in [0.25, 0.3) is 0 Å². The van der Waals surface area contributed by atoms with E-state index in [2.05, 4.69) is 12.1 Å². The molecule has 0 radical (unpaired) electrons. The number of amides is 1. The number of hydrogen-bond acceptors (Lipinski definition) is 4. The number of carbonyl (C=O) groups is 2. The average Bonchev–Trinajstić information content (AvgIpc) is 2.61. The highest BCUT2D eigenvalue weighted by molar-refractivity contribution is 5.76. The van der Waals surface area contributed by atoms with Crippen molar-refractivity contribution in [3.05, 3.63) is 29.1 Å². The number of carbonyl (C=O) groups excluding carboxylic acids is 1. The number of pyridine rings is 1. The number of aliphatic carboxylic acids is 1. The summed E-state index contributed by atoms with van der Waals surface area (Å²) < 4.78 is 0. The van der Waals surface area contributed by atoms with Gasteiger partial charge in [-0.2, -0.15) is 0 Å². The normalized spacial score (nSPS) is 19.0. The summed E-state index contributed by atoms with van der Waals surface area (Å²) in [5, 5.41) is 19.1. The van der Waals surface area contributed by atoms with E-state index in [4.69, 9.17) is 10.1 Å². The van der Waals surface area contributed by atoms with Gasteiger partial charge in [-0.1, -0.05) is 6.07 Å². The largest absolute Gasteiger partial charge is 0.481 e. The monoisotopic (exact) mass is 360 g/mol. The molecule has 0 atom stereocenters. The summed E-state index contributed by atoms with van der Waals surface area (Å²) in [6.07, 6.45) is 7.10. The van der Waals surface area contributed by atoms with Gasteiger partial charge in [0.15, 0.2) is 0 Å². The third-order valence-electron chi connectivity index (χ3n) is 5.59. The van der Waals surface area contributed by atoms with Gasteiger partial charge in [0.05, 0.1) is 12.0 Å². The molecule has 0 aromatic carbocycles. The Bertz CT molecular complexity index is 666. The highest BCUT2D eigenvalue weighted by Gasteiger charge is 2.35. The molecule has 0 spiro atoms. The average molecular weight is 360 g/mol. The van der Waals surface area contributed by atoms with Crippen LogP contribution in [0.4, 0.5) is 0 Å². The maximum atomic E-state index is 12.4. The van der Waals surface area contributed by atoms with E-state index in [1.165, 1.54) is 24.1 Å². The molecule has 1 aliphatic heterocycles. The third kappa shape index (κ3) is 4.81. The molecule has 1 amide bonds. The first kappa shape index (κ1) is 18.8. The number of aliphatic hydroxyl groups is 1. The van der Waals surface area contributed by atoms with Crippen molar-refractivity contribution in [1.82, 2.24) is 9.88 Å². The Kier molecular flexibility index (Phi) is 5.91. The molecule has 1 aromatic rings. The van der Waals surface area contributed by atoms with Crippen LogP contribution in [0.1, 0.15) is 61.9 Å². The minimum absolute atomic E-state index is 0.0836. The van der Waals surface area contributed by atoms with Gasteiger partial charge in [0.2, 0.25) is 5.91 Å². The number of hydrogen-bond donors (Lipinski definition) is 2. The van der Waals surface area contributed by atoms with Crippen molar-refractivity contribution >= 4 is 11.9 Å². The second-order valence-electron chi connectivity index (χ2n) is 7.64. The number of piperidine rings is 1. The van der Waals surface area contributed by atoms with E-state index < -0.39 is 11.6 Å². The first-order valence-electron chi connectivity index (χ1n) is 9.65. The van der Waals surface area contributed by atoms with Crippen LogP contribution in [0.2, 0.25) is 0 Å². The highest BCUT2D eigenvalue weighted by atomic mass is 16.4. The van der Waals surface area contributed by atoms with E-state index >= 15 is 0 Å². The molecule has 2 N–H and O–H groups in total. The molecule has 0 bridgehead atoms. The van der Waals surface area contributed by atoms with Gasteiger partial charge < -0.3 is 15.1 Å². The van der Waals surface area contributed by atoms with Crippen LogP contribution in [0.3, 0.4) is 0 Å². The molecule has 2 aliphatic rings. The lowest BCUT2D eigenvalue weighted by Gasteiger charge is -2.37. The van der Waals surface area contributed by atoms with Crippen molar-refractivity contribution in [1.29, 1.82) is 0 Å². The molecule has 6 nitrogen and oxygen atoms in total. The van der Waals surface area contributed by atoms with Crippen LogP contribution in [0.5, 0.6) is 0 Å². The van der Waals surface area contributed by atoms with Gasteiger partial charge in [0.25, 0.3) is 0 Å². The second-order valence-corrected chi connectivity index (χ2v) is 7.64. The summed E-state index contributed by atoms with van der Waals surface area (Å²) in [6.45, 7) is 0.861. The standard InChI is InChI=1S/C20H28N2O4/c23-18(22-12-10-20(26,11-13-22)14-19(24)25)7-3-5-16-9-8-15-4-1-2-6-17(15)21-16/h8-9,26H,1-7,10-14H2,(H,24,25). The van der Waals surface area contributed by atoms with E-state index in [0.717, 1.165) is 31.4 Å². The summed E-state index contributed by atoms with van der Waals surface area (Å²) in [7, 11) is 0. The molecular formula is C20H28N2O4. The van der Waals surface area contributed by atoms with Crippen LogP contribution in [-0.4, -0.2) is 50.7 Å². The number of carboxylic acids is 1. The van der Waals surface area contributed by atoms with Crippen molar-refractivity contribution in [3.8, 4) is 0 Å². The summed E-state index contributed by atoms with van der Waals surface area (Å²) in [4.78, 5) is 29.7. The van der Waals surface area contributed by atoms with Crippen molar-refractivity contribution in [2.75, 3.05) is 13.1 Å². The van der Waals surface area contributed by atoms with Gasteiger partial charge in [-0.3, -0.25) is 14.6 Å². The lowest BCUT2D eigenvalue weighted by atomic mass is 9.88. The first-order valence-corrected chi connectivity index (χ1v) is 9.65. The van der Waals surface area contributed by atoms with Crippen LogP contribution < -0.4 is 0 Å². The topological polar surface area (TPSA) is 90.7 Å². The maximum Gasteiger partial charge on any atom is 0.306 e. The number of aromatic nitrogens is 1. The number of nitrogens with zero attached hydrogens (tertiary/aromatic N) is 2. The Balaban J connectivity index is 1.43. The molecule has 0 unspecified atom stereocenters. The molecule has 6 heteroatoms. The molecule has 1 aromatic heterocycles. The van der Waals surface area contributed by atoms with E-state index in [1.807, 2.05) is 0 Å². The SMILES string of the molecule is O=C(O)CC1(O)CCN(C(=O)CCCc2ccc3c(n2)CCCC3)CC1. The Morgan fingerprint density at radius 2 is 1.88 bits per heavy atom. The summed E-state index contributed by atoms with van der Waals surface area (Å²) in [5.74, 6) is -0.912. The van der Waals surface area contributed by atoms with Crippen LogP contribution in [-0.2, 0) is 28.9 Å². The van der Waals surface area contributed by atoms with E-state index in [-0.39, 0.29) is 12.3 Å². The van der Waals surface area contributed by atoms with Crippen molar-refractivity contribution in [3.63, 3.8) is 0 Å². The van der Waals surface area contributed by atoms with Crippen LogP contribution >= 0.6 is 0 Å². The fourth-order valence-corrected chi connectivity index (χ4v) is 3.98. The lowest BCUT2D eigenvalue weighted by molar-refractivity contribution is -0.146. The second kappa shape index (κ2) is 8.16. The van der Waals surface area contributed by atoms with Gasteiger partial charge >= 0.3 is 5.97 Å². The van der Waals surface area contributed by atoms with Crippen molar-refractivity contribution in [2.45, 2.75) is 69.8 Å². The summed E-state index contributed by atoms with van der Waals surface area (Å²) in [6, 6.07) is 4.27. The number of carboxylic acid groups (broad SMARTS) is 1. The smallest absolute Gasteiger partial charge is 0.306 e. The van der Waals surface area contributed by atoms with Gasteiger partial charge in [0.1, 0.15) is 0 Å².